The predicted molar refractivity (Wildman–Crippen MR) is 250 cm³/mol. The van der Waals surface area contributed by atoms with Crippen molar-refractivity contribution in [2.24, 2.45) is 0 Å². The van der Waals surface area contributed by atoms with Gasteiger partial charge in [-0.05, 0) is 207 Å². The molecule has 0 aliphatic heterocycles. The maximum atomic E-state index is 13.4. The number of carbonyl (C=O) groups is 4. The molecule has 0 fully saturated rings. The molecule has 0 heterocycles. The molecule has 0 spiro atoms. The molecule has 0 bridgehead atoms. The minimum atomic E-state index is -3.93. The van der Waals surface area contributed by atoms with Crippen molar-refractivity contribution < 1.29 is 46.5 Å². The molecule has 10 nitrogen and oxygen atoms in total. The van der Waals surface area contributed by atoms with E-state index in [1.165, 1.54) is 48.5 Å². The van der Waals surface area contributed by atoms with E-state index in [0.29, 0.717) is 28.7 Å². The van der Waals surface area contributed by atoms with Gasteiger partial charge in [0, 0.05) is 0 Å². The van der Waals surface area contributed by atoms with Crippen LogP contribution in [0.1, 0.15) is 97.1 Å². The molecular formula is C55H48O10S. The Morgan fingerprint density at radius 3 is 1.14 bits per heavy atom. The molecule has 66 heavy (non-hydrogen) atoms. The SMILES string of the molecule is Cc1ccc(C(=O)OCc2cccc(COC(=O)c3ccc(Cc4ccc(C(=O)Oc5ccc(S(=O)(=O)c6ccc(OC(=O)c7ccc(C)c(C)c7)cc6)cc5)cc4C)c(C)c3)c2)cc1C. The van der Waals surface area contributed by atoms with E-state index >= 15 is 0 Å². The molecule has 11 heteroatoms. The summed E-state index contributed by atoms with van der Waals surface area (Å²) in [6.07, 6.45) is 0.556. The highest BCUT2D eigenvalue weighted by Crippen LogP contribution is 2.27. The molecule has 0 saturated carbocycles. The van der Waals surface area contributed by atoms with Crippen LogP contribution in [0.25, 0.3) is 0 Å². The highest BCUT2D eigenvalue weighted by molar-refractivity contribution is 7.91. The van der Waals surface area contributed by atoms with E-state index in [1.807, 2.05) is 96.1 Å². The largest absolute Gasteiger partial charge is 0.457 e. The molecule has 334 valence electrons. The molecule has 0 aliphatic rings. The summed E-state index contributed by atoms with van der Waals surface area (Å²) in [4.78, 5) is 51.4. The van der Waals surface area contributed by atoms with Gasteiger partial charge in [-0.1, -0.05) is 42.5 Å². The first kappa shape index (κ1) is 46.4. The Bertz CT molecular complexity index is 3100. The van der Waals surface area contributed by atoms with Gasteiger partial charge >= 0.3 is 23.9 Å². The van der Waals surface area contributed by atoms with Crippen LogP contribution in [0.3, 0.4) is 0 Å². The first-order valence-electron chi connectivity index (χ1n) is 21.2. The highest BCUT2D eigenvalue weighted by atomic mass is 32.2. The minimum absolute atomic E-state index is 0.00377. The van der Waals surface area contributed by atoms with Gasteiger partial charge in [0.1, 0.15) is 24.7 Å². The standard InChI is InChI=1S/C55H48O10S/c1-34-10-12-44(26-36(34)3)52(56)62-32-40-8-7-9-41(30-40)33-63-53(57)45-16-14-42(38(5)28-45)31-43-15-17-47(29-39(43)6)55(59)65-49-20-24-51(25-21-49)66(60,61)50-22-18-48(19-23-50)64-54(58)46-13-11-35(2)37(4)27-46/h7-30H,31-33H2,1-6H3. The van der Waals surface area contributed by atoms with E-state index < -0.39 is 33.7 Å². The molecule has 0 saturated heterocycles. The van der Waals surface area contributed by atoms with Crippen LogP contribution in [0.15, 0.2) is 155 Å². The van der Waals surface area contributed by atoms with Crippen LogP contribution in [0.2, 0.25) is 0 Å². The fourth-order valence-corrected chi connectivity index (χ4v) is 8.36. The fourth-order valence-electron chi connectivity index (χ4n) is 7.10. The molecule has 0 N–H and O–H groups in total. The zero-order chi connectivity index (χ0) is 47.1. The average molecular weight is 901 g/mol. The number of rotatable bonds is 14. The van der Waals surface area contributed by atoms with Crippen LogP contribution in [0, 0.1) is 41.5 Å². The maximum Gasteiger partial charge on any atom is 0.343 e. The molecule has 0 amide bonds. The third-order valence-electron chi connectivity index (χ3n) is 11.4. The van der Waals surface area contributed by atoms with Crippen molar-refractivity contribution in [3.05, 3.63) is 223 Å². The number of carbonyl (C=O) groups excluding carboxylic acids is 4. The van der Waals surface area contributed by atoms with Crippen LogP contribution in [0.4, 0.5) is 0 Å². The van der Waals surface area contributed by atoms with Crippen molar-refractivity contribution in [1.82, 2.24) is 0 Å². The summed E-state index contributed by atoms with van der Waals surface area (Å²) >= 11 is 0. The van der Waals surface area contributed by atoms with E-state index in [-0.39, 0.29) is 34.5 Å². The molecule has 0 aliphatic carbocycles. The third-order valence-corrected chi connectivity index (χ3v) is 13.2. The lowest BCUT2D eigenvalue weighted by Crippen LogP contribution is -2.10. The number of benzene rings is 7. The smallest absolute Gasteiger partial charge is 0.343 e. The second kappa shape index (κ2) is 20.0. The van der Waals surface area contributed by atoms with E-state index in [2.05, 4.69) is 0 Å². The van der Waals surface area contributed by atoms with Gasteiger partial charge in [0.2, 0.25) is 9.84 Å². The number of ether oxygens (including phenoxy) is 4. The van der Waals surface area contributed by atoms with Crippen LogP contribution in [-0.2, 0) is 38.9 Å². The molecule has 7 aromatic carbocycles. The lowest BCUT2D eigenvalue weighted by molar-refractivity contribution is 0.0471. The number of esters is 4. The summed E-state index contributed by atoms with van der Waals surface area (Å²) in [6.45, 7) is 11.7. The number of hydrogen-bond donors (Lipinski definition) is 0. The van der Waals surface area contributed by atoms with Crippen LogP contribution in [-0.4, -0.2) is 32.3 Å². The zero-order valence-corrected chi connectivity index (χ0v) is 38.3. The Balaban J connectivity index is 0.899. The van der Waals surface area contributed by atoms with Crippen molar-refractivity contribution in [2.75, 3.05) is 0 Å². The Labute approximate surface area is 384 Å². The van der Waals surface area contributed by atoms with Crippen LogP contribution < -0.4 is 9.47 Å². The summed E-state index contributed by atoms with van der Waals surface area (Å²) in [5, 5.41) is 0. The number of aryl methyl sites for hydroxylation is 6. The molecule has 7 rings (SSSR count). The molecule has 0 unspecified atom stereocenters. The molecule has 0 aromatic heterocycles. The minimum Gasteiger partial charge on any atom is -0.457 e. The highest BCUT2D eigenvalue weighted by Gasteiger charge is 2.20. The summed E-state index contributed by atoms with van der Waals surface area (Å²) in [5.41, 5.74) is 11.0. The number of sulfone groups is 1. The normalized spacial score (nSPS) is 11.1. The van der Waals surface area contributed by atoms with Gasteiger partial charge < -0.3 is 18.9 Å². The van der Waals surface area contributed by atoms with Crippen molar-refractivity contribution in [2.45, 2.75) is 71.0 Å². The van der Waals surface area contributed by atoms with E-state index in [1.54, 1.807) is 42.5 Å². The molecular weight excluding hydrogens is 853 g/mol. The Morgan fingerprint density at radius 1 is 0.394 bits per heavy atom. The van der Waals surface area contributed by atoms with Gasteiger partial charge in [-0.15, -0.1) is 0 Å². The summed E-state index contributed by atoms with van der Waals surface area (Å²) in [5.74, 6) is -1.65. The maximum absolute atomic E-state index is 13.4. The van der Waals surface area contributed by atoms with E-state index in [4.69, 9.17) is 18.9 Å². The van der Waals surface area contributed by atoms with Gasteiger partial charge in [0.15, 0.2) is 0 Å². The molecule has 0 atom stereocenters. The Hall–Kier alpha value is -7.63. The molecule has 0 radical (unpaired) electrons. The zero-order valence-electron chi connectivity index (χ0n) is 37.5. The second-order valence-corrected chi connectivity index (χ2v) is 18.2. The average Bonchev–Trinajstić information content (AvgIpc) is 3.30. The second-order valence-electron chi connectivity index (χ2n) is 16.3. The van der Waals surface area contributed by atoms with Crippen molar-refractivity contribution in [1.29, 1.82) is 0 Å². The fraction of sp³-hybridized carbons (Fsp3) is 0.164. The van der Waals surface area contributed by atoms with Crippen molar-refractivity contribution in [3.63, 3.8) is 0 Å². The van der Waals surface area contributed by atoms with E-state index in [0.717, 1.165) is 55.6 Å². The summed E-state index contributed by atoms with van der Waals surface area (Å²) in [7, 11) is -3.93. The topological polar surface area (TPSA) is 139 Å². The lowest BCUT2D eigenvalue weighted by Gasteiger charge is -2.12. The quantitative estimate of drug-likeness (QED) is 0.0765. The van der Waals surface area contributed by atoms with Gasteiger partial charge in [-0.25, -0.2) is 27.6 Å². The third kappa shape index (κ3) is 11.2. The van der Waals surface area contributed by atoms with Crippen molar-refractivity contribution in [3.8, 4) is 11.5 Å². The van der Waals surface area contributed by atoms with Gasteiger partial charge in [0.05, 0.1) is 32.0 Å². The predicted octanol–water partition coefficient (Wildman–Crippen LogP) is 11.1. The first-order valence-corrected chi connectivity index (χ1v) is 22.7. The first-order chi connectivity index (χ1) is 31.5. The van der Waals surface area contributed by atoms with Gasteiger partial charge in [0.25, 0.3) is 0 Å². The van der Waals surface area contributed by atoms with Crippen LogP contribution >= 0.6 is 0 Å². The van der Waals surface area contributed by atoms with Gasteiger partial charge in [-0.3, -0.25) is 0 Å². The van der Waals surface area contributed by atoms with Crippen LogP contribution in [0.5, 0.6) is 11.5 Å². The van der Waals surface area contributed by atoms with E-state index in [9.17, 15) is 27.6 Å². The monoisotopic (exact) mass is 900 g/mol. The summed E-state index contributed by atoms with van der Waals surface area (Å²) in [6, 6.07) is 39.9. The lowest BCUT2D eigenvalue weighted by atomic mass is 9.95. The Morgan fingerprint density at radius 2 is 0.758 bits per heavy atom. The Kier molecular flexibility index (Phi) is 14.1. The molecule has 7 aromatic rings. The van der Waals surface area contributed by atoms with Gasteiger partial charge in [-0.2, -0.15) is 0 Å². The summed E-state index contributed by atoms with van der Waals surface area (Å²) < 4.78 is 49.0. The number of hydrogen-bond acceptors (Lipinski definition) is 10. The van der Waals surface area contributed by atoms with Crippen molar-refractivity contribution >= 4 is 33.7 Å².